The van der Waals surface area contributed by atoms with Crippen LogP contribution in [0.25, 0.3) is 5.76 Å². The maximum absolute atomic E-state index is 13.2. The first-order valence-corrected chi connectivity index (χ1v) is 13.2. The highest BCUT2D eigenvalue weighted by molar-refractivity contribution is 6.46. The van der Waals surface area contributed by atoms with Gasteiger partial charge in [-0.15, -0.1) is 0 Å². The Morgan fingerprint density at radius 2 is 1.62 bits per heavy atom. The number of ether oxygens (including phenoxy) is 3. The average Bonchev–Trinajstić information content (AvgIpc) is 3.20. The number of carbonyl (C=O) groups is 2. The van der Waals surface area contributed by atoms with Gasteiger partial charge in [0, 0.05) is 25.8 Å². The molecule has 0 bridgehead atoms. The third kappa shape index (κ3) is 6.67. The number of hydrogen-bond donors (Lipinski definition) is 1. The first-order valence-electron chi connectivity index (χ1n) is 13.2. The second kappa shape index (κ2) is 13.1. The number of methoxy groups -OCH3 is 1. The molecule has 1 saturated heterocycles. The number of aryl methyl sites for hydroxylation is 1. The Morgan fingerprint density at radius 3 is 2.28 bits per heavy atom. The standard InChI is InChI=1S/C32H35NO6/c1-4-18-38-26-13-9-24(10-14-26)29-28(31(35)32(36)33(29)17-6-19-37-3)30(34)25-11-15-27(16-12-25)39-21-23-8-5-7-22(2)20-23/h5,7-16,20,29,34H,4,6,17-19,21H2,1-3H3/b30-28+. The normalized spacial score (nSPS) is 16.5. The molecule has 1 amide bonds. The van der Waals surface area contributed by atoms with E-state index in [-0.39, 0.29) is 11.3 Å². The highest BCUT2D eigenvalue weighted by Crippen LogP contribution is 2.40. The minimum absolute atomic E-state index is 0.0630. The van der Waals surface area contributed by atoms with Gasteiger partial charge in [0.05, 0.1) is 18.2 Å². The van der Waals surface area contributed by atoms with Crippen molar-refractivity contribution in [1.82, 2.24) is 4.90 Å². The van der Waals surface area contributed by atoms with Crippen molar-refractivity contribution in [2.24, 2.45) is 0 Å². The molecule has 1 atom stereocenters. The lowest BCUT2D eigenvalue weighted by Crippen LogP contribution is -2.31. The first-order chi connectivity index (χ1) is 18.9. The van der Waals surface area contributed by atoms with E-state index >= 15 is 0 Å². The van der Waals surface area contributed by atoms with Crippen molar-refractivity contribution in [2.75, 3.05) is 26.9 Å². The van der Waals surface area contributed by atoms with Crippen molar-refractivity contribution in [3.05, 3.63) is 101 Å². The Balaban J connectivity index is 1.62. The van der Waals surface area contributed by atoms with Crippen LogP contribution in [0.4, 0.5) is 0 Å². The molecule has 1 aliphatic heterocycles. The SMILES string of the molecule is CCCOc1ccc(C2/C(=C(\O)c3ccc(OCc4cccc(C)c4)cc3)C(=O)C(=O)N2CCCOC)cc1. The van der Waals surface area contributed by atoms with E-state index in [0.717, 1.165) is 23.1 Å². The van der Waals surface area contributed by atoms with Crippen LogP contribution in [-0.4, -0.2) is 48.6 Å². The van der Waals surface area contributed by atoms with Crippen molar-refractivity contribution in [2.45, 2.75) is 39.3 Å². The van der Waals surface area contributed by atoms with Crippen molar-refractivity contribution in [1.29, 1.82) is 0 Å². The lowest BCUT2D eigenvalue weighted by atomic mass is 9.95. The van der Waals surface area contributed by atoms with E-state index in [1.54, 1.807) is 31.4 Å². The summed E-state index contributed by atoms with van der Waals surface area (Å²) in [6.07, 6.45) is 1.45. The molecule has 4 rings (SSSR count). The molecular weight excluding hydrogens is 494 g/mol. The average molecular weight is 530 g/mol. The van der Waals surface area contributed by atoms with Crippen LogP contribution >= 0.6 is 0 Å². The number of ketones is 1. The lowest BCUT2D eigenvalue weighted by molar-refractivity contribution is -0.140. The van der Waals surface area contributed by atoms with Gasteiger partial charge in [0.2, 0.25) is 0 Å². The number of benzene rings is 3. The van der Waals surface area contributed by atoms with E-state index in [4.69, 9.17) is 14.2 Å². The third-order valence-corrected chi connectivity index (χ3v) is 6.57. The van der Waals surface area contributed by atoms with Crippen LogP contribution in [0.5, 0.6) is 11.5 Å². The van der Waals surface area contributed by atoms with Crippen LogP contribution in [0.1, 0.15) is 48.1 Å². The maximum Gasteiger partial charge on any atom is 0.295 e. The van der Waals surface area contributed by atoms with E-state index in [1.807, 2.05) is 56.3 Å². The molecule has 1 heterocycles. The zero-order chi connectivity index (χ0) is 27.8. The van der Waals surface area contributed by atoms with Gasteiger partial charge in [0.25, 0.3) is 11.7 Å². The van der Waals surface area contributed by atoms with E-state index in [9.17, 15) is 14.7 Å². The maximum atomic E-state index is 13.2. The highest BCUT2D eigenvalue weighted by atomic mass is 16.5. The molecule has 0 spiro atoms. The van der Waals surface area contributed by atoms with E-state index in [0.29, 0.717) is 49.8 Å². The molecule has 0 aliphatic carbocycles. The van der Waals surface area contributed by atoms with Crippen molar-refractivity contribution >= 4 is 17.4 Å². The summed E-state index contributed by atoms with van der Waals surface area (Å²) < 4.78 is 16.7. The predicted octanol–water partition coefficient (Wildman–Crippen LogP) is 5.82. The molecule has 204 valence electrons. The lowest BCUT2D eigenvalue weighted by Gasteiger charge is -2.25. The van der Waals surface area contributed by atoms with Crippen molar-refractivity contribution < 1.29 is 28.9 Å². The van der Waals surface area contributed by atoms with Crippen LogP contribution in [0.3, 0.4) is 0 Å². The zero-order valence-electron chi connectivity index (χ0n) is 22.7. The Morgan fingerprint density at radius 1 is 0.923 bits per heavy atom. The minimum Gasteiger partial charge on any atom is -0.507 e. The Bertz CT molecular complexity index is 1310. The number of hydrogen-bond acceptors (Lipinski definition) is 6. The molecule has 1 N–H and O–H groups in total. The van der Waals surface area contributed by atoms with Crippen LogP contribution < -0.4 is 9.47 Å². The number of likely N-dealkylation sites (tertiary alicyclic amines) is 1. The molecule has 0 radical (unpaired) electrons. The fourth-order valence-electron chi connectivity index (χ4n) is 4.64. The molecule has 0 saturated carbocycles. The Hall–Kier alpha value is -4.10. The van der Waals surface area contributed by atoms with Gasteiger partial charge in [-0.25, -0.2) is 0 Å². The van der Waals surface area contributed by atoms with Gasteiger partial charge in [0.15, 0.2) is 0 Å². The van der Waals surface area contributed by atoms with Gasteiger partial charge in [0.1, 0.15) is 23.9 Å². The minimum atomic E-state index is -0.723. The third-order valence-electron chi connectivity index (χ3n) is 6.57. The first kappa shape index (κ1) is 27.9. The largest absolute Gasteiger partial charge is 0.507 e. The van der Waals surface area contributed by atoms with E-state index in [2.05, 4.69) is 6.07 Å². The summed E-state index contributed by atoms with van der Waals surface area (Å²) in [5, 5.41) is 11.3. The quantitative estimate of drug-likeness (QED) is 0.138. The molecular formula is C32H35NO6. The molecule has 3 aromatic carbocycles. The van der Waals surface area contributed by atoms with Gasteiger partial charge in [-0.3, -0.25) is 9.59 Å². The summed E-state index contributed by atoms with van der Waals surface area (Å²) in [7, 11) is 1.59. The second-order valence-corrected chi connectivity index (χ2v) is 9.56. The molecule has 3 aromatic rings. The van der Waals surface area contributed by atoms with Crippen molar-refractivity contribution in [3.8, 4) is 11.5 Å². The van der Waals surface area contributed by atoms with E-state index < -0.39 is 17.7 Å². The topological polar surface area (TPSA) is 85.3 Å². The number of aliphatic hydroxyl groups is 1. The molecule has 1 unspecified atom stereocenters. The second-order valence-electron chi connectivity index (χ2n) is 9.56. The van der Waals surface area contributed by atoms with Gasteiger partial charge in [-0.2, -0.15) is 0 Å². The number of nitrogens with zero attached hydrogens (tertiary/aromatic N) is 1. The fraction of sp³-hybridized carbons (Fsp3) is 0.312. The molecule has 7 nitrogen and oxygen atoms in total. The number of carbonyl (C=O) groups excluding carboxylic acids is 2. The number of rotatable bonds is 12. The van der Waals surface area contributed by atoms with Crippen LogP contribution in [0.2, 0.25) is 0 Å². The zero-order valence-corrected chi connectivity index (χ0v) is 22.7. The molecule has 1 fully saturated rings. The summed E-state index contributed by atoms with van der Waals surface area (Å²) in [5.41, 5.74) is 3.43. The highest BCUT2D eigenvalue weighted by Gasteiger charge is 2.45. The smallest absolute Gasteiger partial charge is 0.295 e. The van der Waals surface area contributed by atoms with Gasteiger partial charge >= 0.3 is 0 Å². The van der Waals surface area contributed by atoms with Crippen LogP contribution in [0, 0.1) is 6.92 Å². The summed E-state index contributed by atoms with van der Waals surface area (Å²) in [6.45, 7) is 5.84. The molecule has 39 heavy (non-hydrogen) atoms. The molecule has 0 aromatic heterocycles. The fourth-order valence-corrected chi connectivity index (χ4v) is 4.64. The van der Waals surface area contributed by atoms with Gasteiger partial charge in [-0.1, -0.05) is 48.9 Å². The summed E-state index contributed by atoms with van der Waals surface area (Å²) >= 11 is 0. The number of Topliss-reactive ketones (excluding diaryl/α,β-unsaturated/α-hetero) is 1. The van der Waals surface area contributed by atoms with E-state index in [1.165, 1.54) is 4.90 Å². The van der Waals surface area contributed by atoms with Crippen LogP contribution in [0.15, 0.2) is 78.4 Å². The summed E-state index contributed by atoms with van der Waals surface area (Å²) in [6, 6.07) is 21.5. The molecule has 1 aliphatic rings. The van der Waals surface area contributed by atoms with Gasteiger partial charge < -0.3 is 24.2 Å². The Labute approximate surface area is 229 Å². The van der Waals surface area contributed by atoms with Gasteiger partial charge in [-0.05, 0) is 67.3 Å². The molecule has 7 heteroatoms. The monoisotopic (exact) mass is 529 g/mol. The predicted molar refractivity (Wildman–Crippen MR) is 150 cm³/mol. The number of amides is 1. The summed E-state index contributed by atoms with van der Waals surface area (Å²) in [4.78, 5) is 27.8. The summed E-state index contributed by atoms with van der Waals surface area (Å²) in [5.74, 6) is -0.224. The van der Waals surface area contributed by atoms with Crippen LogP contribution in [-0.2, 0) is 20.9 Å². The Kier molecular flexibility index (Phi) is 9.39. The number of aliphatic hydroxyl groups excluding tert-OH is 1. The van der Waals surface area contributed by atoms with Crippen molar-refractivity contribution in [3.63, 3.8) is 0 Å².